The van der Waals surface area contributed by atoms with Crippen molar-refractivity contribution in [1.29, 1.82) is 0 Å². The van der Waals surface area contributed by atoms with Crippen LogP contribution in [0.1, 0.15) is 39.9 Å². The lowest BCUT2D eigenvalue weighted by molar-refractivity contribution is 0.0791. The third kappa shape index (κ3) is 6.04. The first-order chi connectivity index (χ1) is 13.9. The molecule has 0 atom stereocenters. The van der Waals surface area contributed by atoms with Gasteiger partial charge in [0.15, 0.2) is 0 Å². The number of anilines is 1. The van der Waals surface area contributed by atoms with E-state index in [1.54, 1.807) is 0 Å². The van der Waals surface area contributed by atoms with Gasteiger partial charge in [-0.05, 0) is 63.9 Å². The molecule has 1 aliphatic heterocycles. The average Bonchev–Trinajstić information content (AvgIpc) is 2.71. The summed E-state index contributed by atoms with van der Waals surface area (Å²) in [5.74, 6) is 1.21. The fourth-order valence-corrected chi connectivity index (χ4v) is 3.95. The van der Waals surface area contributed by atoms with Gasteiger partial charge in [-0.25, -0.2) is 4.98 Å². The molecule has 0 bridgehead atoms. The molecule has 0 spiro atoms. The summed E-state index contributed by atoms with van der Waals surface area (Å²) in [5, 5.41) is 0. The number of aromatic nitrogens is 1. The number of carbonyl (C=O) groups is 1. The Bertz CT molecular complexity index is 790. The van der Waals surface area contributed by atoms with E-state index in [-0.39, 0.29) is 5.91 Å². The van der Waals surface area contributed by atoms with Gasteiger partial charge in [0, 0.05) is 51.5 Å². The van der Waals surface area contributed by atoms with Gasteiger partial charge in [-0.15, -0.1) is 0 Å². The van der Waals surface area contributed by atoms with E-state index in [1.807, 2.05) is 44.1 Å². The van der Waals surface area contributed by atoms with Crippen LogP contribution in [0.3, 0.4) is 0 Å². The maximum absolute atomic E-state index is 12.6. The zero-order chi connectivity index (χ0) is 20.8. The van der Waals surface area contributed by atoms with Gasteiger partial charge in [0.1, 0.15) is 5.82 Å². The summed E-state index contributed by atoms with van der Waals surface area (Å²) < 4.78 is 0. The summed E-state index contributed by atoms with van der Waals surface area (Å²) in [7, 11) is 1.91. The second-order valence-electron chi connectivity index (χ2n) is 8.33. The molecule has 1 aliphatic rings. The van der Waals surface area contributed by atoms with Crippen LogP contribution in [0.2, 0.25) is 0 Å². The Kier molecular flexibility index (Phi) is 7.26. The standard InChI is InChI=1S/C24H34N4O/c1-19-7-8-23(25-18-19)28-13-11-27(12-14-28)10-6-5-9-26(4)24(29)22-16-20(2)15-21(3)17-22/h7-8,15-18H,5-6,9-14H2,1-4H3. The summed E-state index contributed by atoms with van der Waals surface area (Å²) in [6.07, 6.45) is 4.09. The number of piperazine rings is 1. The molecule has 1 saturated heterocycles. The molecule has 5 nitrogen and oxygen atoms in total. The number of hydrogen-bond donors (Lipinski definition) is 0. The minimum atomic E-state index is 0.121. The zero-order valence-corrected chi connectivity index (χ0v) is 18.3. The minimum Gasteiger partial charge on any atom is -0.354 e. The number of unbranched alkanes of at least 4 members (excludes halogenated alkanes) is 1. The first-order valence-electron chi connectivity index (χ1n) is 10.7. The Morgan fingerprint density at radius 2 is 1.66 bits per heavy atom. The summed E-state index contributed by atoms with van der Waals surface area (Å²) >= 11 is 0. The second-order valence-corrected chi connectivity index (χ2v) is 8.33. The summed E-state index contributed by atoms with van der Waals surface area (Å²) in [6.45, 7) is 12.3. The Labute approximate surface area is 175 Å². The highest BCUT2D eigenvalue weighted by Gasteiger charge is 2.18. The van der Waals surface area contributed by atoms with Crippen LogP contribution in [-0.2, 0) is 0 Å². The third-order valence-electron chi connectivity index (χ3n) is 5.63. The number of rotatable bonds is 7. The van der Waals surface area contributed by atoms with Crippen LogP contribution in [0.25, 0.3) is 0 Å². The van der Waals surface area contributed by atoms with Crippen molar-refractivity contribution in [3.8, 4) is 0 Å². The van der Waals surface area contributed by atoms with E-state index in [4.69, 9.17) is 0 Å². The topological polar surface area (TPSA) is 39.7 Å². The van der Waals surface area contributed by atoms with E-state index in [0.717, 1.165) is 74.6 Å². The average molecular weight is 395 g/mol. The first-order valence-corrected chi connectivity index (χ1v) is 10.7. The van der Waals surface area contributed by atoms with Gasteiger partial charge in [0.05, 0.1) is 0 Å². The molecule has 1 fully saturated rings. The zero-order valence-electron chi connectivity index (χ0n) is 18.3. The highest BCUT2D eigenvalue weighted by Crippen LogP contribution is 2.15. The third-order valence-corrected chi connectivity index (χ3v) is 5.63. The molecule has 0 saturated carbocycles. The lowest BCUT2D eigenvalue weighted by atomic mass is 10.1. The van der Waals surface area contributed by atoms with Crippen molar-refractivity contribution < 1.29 is 4.79 Å². The van der Waals surface area contributed by atoms with E-state index in [9.17, 15) is 4.79 Å². The van der Waals surface area contributed by atoms with Crippen LogP contribution >= 0.6 is 0 Å². The second kappa shape index (κ2) is 9.88. The number of carbonyl (C=O) groups excluding carboxylic acids is 1. The van der Waals surface area contributed by atoms with Gasteiger partial charge in [0.25, 0.3) is 5.91 Å². The molecular formula is C24H34N4O. The Hall–Kier alpha value is -2.40. The van der Waals surface area contributed by atoms with Crippen LogP contribution in [0, 0.1) is 20.8 Å². The molecular weight excluding hydrogens is 360 g/mol. The largest absolute Gasteiger partial charge is 0.354 e. The first kappa shape index (κ1) is 21.3. The molecule has 0 aliphatic carbocycles. The normalized spacial score (nSPS) is 14.8. The van der Waals surface area contributed by atoms with Crippen molar-refractivity contribution in [1.82, 2.24) is 14.8 Å². The number of pyridine rings is 1. The summed E-state index contributed by atoms with van der Waals surface area (Å²) in [4.78, 5) is 23.9. The predicted molar refractivity (Wildman–Crippen MR) is 120 cm³/mol. The summed E-state index contributed by atoms with van der Waals surface area (Å²) in [5.41, 5.74) is 4.28. The fourth-order valence-electron chi connectivity index (χ4n) is 3.95. The van der Waals surface area contributed by atoms with E-state index >= 15 is 0 Å². The molecule has 2 aromatic rings. The molecule has 29 heavy (non-hydrogen) atoms. The van der Waals surface area contributed by atoms with Crippen molar-refractivity contribution in [2.75, 3.05) is 51.2 Å². The molecule has 0 N–H and O–H groups in total. The molecule has 2 heterocycles. The van der Waals surface area contributed by atoms with Crippen LogP contribution < -0.4 is 4.90 Å². The summed E-state index contributed by atoms with van der Waals surface area (Å²) in [6, 6.07) is 10.3. The van der Waals surface area contributed by atoms with Crippen molar-refractivity contribution >= 4 is 11.7 Å². The highest BCUT2D eigenvalue weighted by molar-refractivity contribution is 5.94. The fraction of sp³-hybridized carbons (Fsp3) is 0.500. The molecule has 3 rings (SSSR count). The van der Waals surface area contributed by atoms with Crippen molar-refractivity contribution in [3.63, 3.8) is 0 Å². The number of hydrogen-bond acceptors (Lipinski definition) is 4. The van der Waals surface area contributed by atoms with Gasteiger partial charge in [-0.2, -0.15) is 0 Å². The SMILES string of the molecule is Cc1ccc(N2CCN(CCCCN(C)C(=O)c3cc(C)cc(C)c3)CC2)nc1. The van der Waals surface area contributed by atoms with Crippen LogP contribution in [-0.4, -0.2) is 67.0 Å². The van der Waals surface area contributed by atoms with Gasteiger partial charge in [-0.3, -0.25) is 9.69 Å². The van der Waals surface area contributed by atoms with Gasteiger partial charge < -0.3 is 9.80 Å². The van der Waals surface area contributed by atoms with E-state index < -0.39 is 0 Å². The lowest BCUT2D eigenvalue weighted by Crippen LogP contribution is -2.47. The minimum absolute atomic E-state index is 0.121. The van der Waals surface area contributed by atoms with Gasteiger partial charge in [0.2, 0.25) is 0 Å². The predicted octanol–water partition coefficient (Wildman–Crippen LogP) is 3.68. The highest BCUT2D eigenvalue weighted by atomic mass is 16.2. The van der Waals surface area contributed by atoms with E-state index in [1.165, 1.54) is 5.56 Å². The van der Waals surface area contributed by atoms with Gasteiger partial charge in [-0.1, -0.05) is 23.3 Å². The molecule has 5 heteroatoms. The quantitative estimate of drug-likeness (QED) is 0.672. The molecule has 1 aromatic heterocycles. The monoisotopic (exact) mass is 394 g/mol. The van der Waals surface area contributed by atoms with Crippen LogP contribution in [0.4, 0.5) is 5.82 Å². The molecule has 156 valence electrons. The van der Waals surface area contributed by atoms with Crippen LogP contribution in [0.5, 0.6) is 0 Å². The Morgan fingerprint density at radius 3 is 2.28 bits per heavy atom. The maximum Gasteiger partial charge on any atom is 0.253 e. The molecule has 0 radical (unpaired) electrons. The van der Waals surface area contributed by atoms with E-state index in [0.29, 0.717) is 0 Å². The Morgan fingerprint density at radius 1 is 0.966 bits per heavy atom. The number of amides is 1. The molecule has 0 unspecified atom stereocenters. The maximum atomic E-state index is 12.6. The van der Waals surface area contributed by atoms with Crippen molar-refractivity contribution in [2.24, 2.45) is 0 Å². The van der Waals surface area contributed by atoms with Gasteiger partial charge >= 0.3 is 0 Å². The van der Waals surface area contributed by atoms with Crippen molar-refractivity contribution in [3.05, 3.63) is 58.8 Å². The van der Waals surface area contributed by atoms with Crippen LogP contribution in [0.15, 0.2) is 36.5 Å². The molecule has 1 aromatic carbocycles. The number of benzene rings is 1. The number of aryl methyl sites for hydroxylation is 3. The smallest absolute Gasteiger partial charge is 0.253 e. The van der Waals surface area contributed by atoms with E-state index in [2.05, 4.69) is 39.9 Å². The Balaban J connectivity index is 1.36. The van der Waals surface area contributed by atoms with Crippen molar-refractivity contribution in [2.45, 2.75) is 33.6 Å². The number of nitrogens with zero attached hydrogens (tertiary/aromatic N) is 4. The molecule has 1 amide bonds. The lowest BCUT2D eigenvalue weighted by Gasteiger charge is -2.35.